The number of rotatable bonds is 8. The highest BCUT2D eigenvalue weighted by molar-refractivity contribution is 7.98. The Bertz CT molecular complexity index is 1260. The molecule has 0 aliphatic carbocycles. The highest BCUT2D eigenvalue weighted by Gasteiger charge is 2.43. The lowest BCUT2D eigenvalue weighted by Gasteiger charge is -2.40. The molecular formula is C28H30N2O5S. The van der Waals surface area contributed by atoms with Gasteiger partial charge in [0.1, 0.15) is 5.75 Å². The predicted octanol–water partition coefficient (Wildman–Crippen LogP) is 4.66. The number of carbonyl (C=O) groups excluding carboxylic acids is 2. The maximum absolute atomic E-state index is 13.9. The van der Waals surface area contributed by atoms with Crippen LogP contribution in [0.2, 0.25) is 0 Å². The Morgan fingerprint density at radius 2 is 1.58 bits per heavy atom. The van der Waals surface area contributed by atoms with Crippen LogP contribution >= 0.6 is 11.8 Å². The molecule has 0 saturated heterocycles. The molecule has 2 amide bonds. The third-order valence-electron chi connectivity index (χ3n) is 6.56. The van der Waals surface area contributed by atoms with Crippen LogP contribution in [0.25, 0.3) is 0 Å². The van der Waals surface area contributed by atoms with Gasteiger partial charge in [0.25, 0.3) is 5.91 Å². The molecule has 7 nitrogen and oxygen atoms in total. The van der Waals surface area contributed by atoms with Crippen molar-refractivity contribution < 1.29 is 23.8 Å². The third kappa shape index (κ3) is 4.73. The van der Waals surface area contributed by atoms with E-state index < -0.39 is 12.0 Å². The Morgan fingerprint density at radius 3 is 2.22 bits per heavy atom. The normalized spacial score (nSPS) is 16.8. The largest absolute Gasteiger partial charge is 0.496 e. The summed E-state index contributed by atoms with van der Waals surface area (Å²) in [5, 5.41) is 3.07. The van der Waals surface area contributed by atoms with Crippen LogP contribution < -0.4 is 19.5 Å². The van der Waals surface area contributed by atoms with Crippen molar-refractivity contribution in [2.45, 2.75) is 23.4 Å². The number of nitrogens with one attached hydrogen (secondary N) is 1. The first-order chi connectivity index (χ1) is 17.4. The molecule has 1 aliphatic heterocycles. The summed E-state index contributed by atoms with van der Waals surface area (Å²) in [6.45, 7) is 0.289. The first-order valence-corrected chi connectivity index (χ1v) is 12.7. The standard InChI is InChI=1S/C28H30N2O5S/c1-30-26(17-10-12-19(36-5)13-11-17)25(27(31)29-16-18-8-6-7-9-22(18)33-2)20-14-23(34-3)24(35-4)15-21(20)28(30)32/h6-15,25-26H,16H2,1-5H3,(H,29,31). The number of benzene rings is 3. The van der Waals surface area contributed by atoms with E-state index in [-0.39, 0.29) is 18.4 Å². The number of para-hydroxylation sites is 1. The molecule has 0 fully saturated rings. The Kier molecular flexibility index (Phi) is 7.74. The fraction of sp³-hybridized carbons (Fsp3) is 0.286. The van der Waals surface area contributed by atoms with E-state index in [9.17, 15) is 9.59 Å². The highest BCUT2D eigenvalue weighted by atomic mass is 32.2. The number of carbonyl (C=O) groups is 2. The monoisotopic (exact) mass is 506 g/mol. The van der Waals surface area contributed by atoms with Crippen molar-refractivity contribution in [2.75, 3.05) is 34.6 Å². The van der Waals surface area contributed by atoms with E-state index in [0.717, 1.165) is 16.0 Å². The van der Waals surface area contributed by atoms with Crippen LogP contribution in [0, 0.1) is 0 Å². The molecule has 4 rings (SSSR count). The second-order valence-electron chi connectivity index (χ2n) is 8.44. The number of hydrogen-bond donors (Lipinski definition) is 1. The number of likely N-dealkylation sites (N-methyl/N-ethyl adjacent to an activating group) is 1. The second kappa shape index (κ2) is 11.0. The number of thioether (sulfide) groups is 1. The van der Waals surface area contributed by atoms with Gasteiger partial charge in [-0.3, -0.25) is 9.59 Å². The average molecular weight is 507 g/mol. The summed E-state index contributed by atoms with van der Waals surface area (Å²) in [6, 6.07) is 18.4. The fourth-order valence-electron chi connectivity index (χ4n) is 4.69. The lowest BCUT2D eigenvalue weighted by Crippen LogP contribution is -2.45. The van der Waals surface area contributed by atoms with Crippen LogP contribution in [0.5, 0.6) is 17.2 Å². The van der Waals surface area contributed by atoms with Crippen molar-refractivity contribution in [3.8, 4) is 17.2 Å². The Balaban J connectivity index is 1.80. The molecule has 2 atom stereocenters. The van der Waals surface area contributed by atoms with Gasteiger partial charge in [0.05, 0.1) is 33.3 Å². The van der Waals surface area contributed by atoms with Crippen molar-refractivity contribution >= 4 is 23.6 Å². The average Bonchev–Trinajstić information content (AvgIpc) is 2.92. The minimum absolute atomic E-state index is 0.182. The Hall–Kier alpha value is -3.65. The predicted molar refractivity (Wildman–Crippen MR) is 140 cm³/mol. The summed E-state index contributed by atoms with van der Waals surface area (Å²) in [4.78, 5) is 30.1. The molecule has 8 heteroatoms. The van der Waals surface area contributed by atoms with Gasteiger partial charge in [-0.05, 0) is 47.7 Å². The zero-order valence-electron chi connectivity index (χ0n) is 21.0. The van der Waals surface area contributed by atoms with Gasteiger partial charge in [0.15, 0.2) is 11.5 Å². The molecule has 3 aromatic rings. The molecule has 0 bridgehead atoms. The number of amides is 2. The van der Waals surface area contributed by atoms with Crippen molar-refractivity contribution in [3.63, 3.8) is 0 Å². The molecule has 0 saturated carbocycles. The maximum atomic E-state index is 13.9. The van der Waals surface area contributed by atoms with Gasteiger partial charge in [0, 0.05) is 29.6 Å². The molecular weight excluding hydrogens is 476 g/mol. The number of hydrogen-bond acceptors (Lipinski definition) is 6. The van der Waals surface area contributed by atoms with Gasteiger partial charge in [-0.1, -0.05) is 30.3 Å². The van der Waals surface area contributed by atoms with Crippen molar-refractivity contribution in [1.82, 2.24) is 10.2 Å². The summed E-state index contributed by atoms with van der Waals surface area (Å²) in [6.07, 6.45) is 2.01. The molecule has 2 unspecified atom stereocenters. The fourth-order valence-corrected chi connectivity index (χ4v) is 5.10. The van der Waals surface area contributed by atoms with Crippen molar-refractivity contribution in [2.24, 2.45) is 0 Å². The SMILES string of the molecule is COc1ccccc1CNC(=O)C1c2cc(OC)c(OC)cc2C(=O)N(C)C1c1ccc(SC)cc1. The number of fused-ring (bicyclic) bond motifs is 1. The van der Waals surface area contributed by atoms with E-state index >= 15 is 0 Å². The maximum Gasteiger partial charge on any atom is 0.254 e. The van der Waals surface area contributed by atoms with Gasteiger partial charge in [-0.25, -0.2) is 0 Å². The first-order valence-electron chi connectivity index (χ1n) is 11.5. The molecule has 3 aromatic carbocycles. The van der Waals surface area contributed by atoms with Crippen LogP contribution in [0.4, 0.5) is 0 Å². The van der Waals surface area contributed by atoms with Crippen LogP contribution in [0.15, 0.2) is 65.6 Å². The summed E-state index contributed by atoms with van der Waals surface area (Å²) >= 11 is 1.64. The minimum atomic E-state index is -0.669. The number of methoxy groups -OCH3 is 3. The summed E-state index contributed by atoms with van der Waals surface area (Å²) in [7, 11) is 6.40. The molecule has 0 radical (unpaired) electrons. The smallest absolute Gasteiger partial charge is 0.254 e. The zero-order valence-corrected chi connectivity index (χ0v) is 21.8. The minimum Gasteiger partial charge on any atom is -0.496 e. The molecule has 1 aliphatic rings. The van der Waals surface area contributed by atoms with E-state index in [1.807, 2.05) is 54.8 Å². The van der Waals surface area contributed by atoms with E-state index in [1.54, 1.807) is 43.0 Å². The van der Waals surface area contributed by atoms with E-state index in [2.05, 4.69) is 5.32 Å². The van der Waals surface area contributed by atoms with Gasteiger partial charge in [0.2, 0.25) is 5.91 Å². The number of nitrogens with zero attached hydrogens (tertiary/aromatic N) is 1. The van der Waals surface area contributed by atoms with Crippen molar-refractivity contribution in [3.05, 3.63) is 82.9 Å². The Labute approximate surface area is 215 Å². The van der Waals surface area contributed by atoms with E-state index in [4.69, 9.17) is 14.2 Å². The van der Waals surface area contributed by atoms with Gasteiger partial charge >= 0.3 is 0 Å². The topological polar surface area (TPSA) is 77.1 Å². The van der Waals surface area contributed by atoms with E-state index in [1.165, 1.54) is 14.2 Å². The first kappa shape index (κ1) is 25.4. The summed E-state index contributed by atoms with van der Waals surface area (Å²) < 4.78 is 16.4. The zero-order chi connectivity index (χ0) is 25.8. The second-order valence-corrected chi connectivity index (χ2v) is 9.32. The quantitative estimate of drug-likeness (QED) is 0.448. The van der Waals surface area contributed by atoms with Crippen LogP contribution in [-0.4, -0.2) is 51.3 Å². The third-order valence-corrected chi connectivity index (χ3v) is 7.30. The molecule has 0 spiro atoms. The molecule has 1 N–H and O–H groups in total. The lowest BCUT2D eigenvalue weighted by atomic mass is 9.79. The van der Waals surface area contributed by atoms with Crippen LogP contribution in [0.1, 0.15) is 39.0 Å². The summed E-state index contributed by atoms with van der Waals surface area (Å²) in [5.74, 6) is 0.551. The molecule has 1 heterocycles. The molecule has 188 valence electrons. The van der Waals surface area contributed by atoms with Crippen molar-refractivity contribution in [1.29, 1.82) is 0 Å². The molecule has 0 aromatic heterocycles. The molecule has 36 heavy (non-hydrogen) atoms. The van der Waals surface area contributed by atoms with Crippen LogP contribution in [0.3, 0.4) is 0 Å². The summed E-state index contributed by atoms with van der Waals surface area (Å²) in [5.41, 5.74) is 2.76. The lowest BCUT2D eigenvalue weighted by molar-refractivity contribution is -0.124. The van der Waals surface area contributed by atoms with Gasteiger partial charge in [-0.2, -0.15) is 0 Å². The van der Waals surface area contributed by atoms with E-state index in [0.29, 0.717) is 28.4 Å². The highest BCUT2D eigenvalue weighted by Crippen LogP contribution is 2.45. The van der Waals surface area contributed by atoms with Gasteiger partial charge in [-0.15, -0.1) is 11.8 Å². The Morgan fingerprint density at radius 1 is 0.944 bits per heavy atom. The number of ether oxygens (including phenoxy) is 3. The van der Waals surface area contributed by atoms with Crippen LogP contribution in [-0.2, 0) is 11.3 Å². The van der Waals surface area contributed by atoms with Gasteiger partial charge < -0.3 is 24.4 Å².